The van der Waals surface area contributed by atoms with E-state index in [4.69, 9.17) is 15.2 Å². The van der Waals surface area contributed by atoms with Gasteiger partial charge in [0.25, 0.3) is 0 Å². The van der Waals surface area contributed by atoms with E-state index in [1.165, 1.54) is 19.2 Å². The van der Waals surface area contributed by atoms with Crippen LogP contribution >= 0.6 is 24.8 Å². The molecule has 1 aromatic carbocycles. The zero-order valence-electron chi connectivity index (χ0n) is 13.5. The van der Waals surface area contributed by atoms with Crippen LogP contribution in [0.1, 0.15) is 6.42 Å². The average molecular weight is 384 g/mol. The molecule has 1 saturated heterocycles. The Bertz CT molecular complexity index is 513. The van der Waals surface area contributed by atoms with Crippen LogP contribution in [0.3, 0.4) is 0 Å². The number of hydrogen-bond acceptors (Lipinski definition) is 5. The van der Waals surface area contributed by atoms with E-state index in [-0.39, 0.29) is 55.6 Å². The summed E-state index contributed by atoms with van der Waals surface area (Å²) in [6.07, 6.45) is -0.205. The van der Waals surface area contributed by atoms with Crippen LogP contribution in [-0.4, -0.2) is 52.0 Å². The van der Waals surface area contributed by atoms with Gasteiger partial charge in [-0.3, -0.25) is 4.79 Å². The van der Waals surface area contributed by atoms with Gasteiger partial charge in [0.05, 0.1) is 25.7 Å². The molecule has 1 aliphatic heterocycles. The Morgan fingerprint density at radius 3 is 2.62 bits per heavy atom. The van der Waals surface area contributed by atoms with Crippen molar-refractivity contribution in [2.45, 2.75) is 12.5 Å². The zero-order chi connectivity index (χ0) is 15.9. The Morgan fingerprint density at radius 2 is 2.04 bits per heavy atom. The first-order chi connectivity index (χ1) is 10.6. The molecule has 2 rings (SSSR count). The maximum absolute atomic E-state index is 13.8. The summed E-state index contributed by atoms with van der Waals surface area (Å²) < 4.78 is 24.1. The fourth-order valence-electron chi connectivity index (χ4n) is 2.33. The highest BCUT2D eigenvalue weighted by molar-refractivity contribution is 5.91. The molecule has 1 heterocycles. The normalized spacial score (nSPS) is 15.0. The number of nitrogens with two attached hydrogens (primary N) is 1. The molecule has 3 N–H and O–H groups in total. The van der Waals surface area contributed by atoms with Crippen molar-refractivity contribution >= 4 is 42.1 Å². The zero-order valence-corrected chi connectivity index (χ0v) is 15.1. The summed E-state index contributed by atoms with van der Waals surface area (Å²) in [5, 5.41) is 2.69. The van der Waals surface area contributed by atoms with Crippen molar-refractivity contribution in [3.63, 3.8) is 0 Å². The number of hydrogen-bond donors (Lipinski definition) is 2. The predicted octanol–water partition coefficient (Wildman–Crippen LogP) is 1.81. The van der Waals surface area contributed by atoms with Crippen molar-refractivity contribution < 1.29 is 18.7 Å². The second-order valence-corrected chi connectivity index (χ2v) is 5.14. The molecule has 138 valence electrons. The number of rotatable bonds is 6. The highest BCUT2D eigenvalue weighted by Crippen LogP contribution is 2.23. The molecule has 1 aliphatic rings. The molecule has 0 saturated carbocycles. The summed E-state index contributed by atoms with van der Waals surface area (Å²) in [5.74, 6) is -0.641. The minimum absolute atomic E-state index is 0. The molecule has 1 amide bonds. The largest absolute Gasteiger partial charge is 0.380 e. The van der Waals surface area contributed by atoms with Gasteiger partial charge in [-0.2, -0.15) is 0 Å². The lowest BCUT2D eigenvalue weighted by atomic mass is 10.2. The number of benzene rings is 1. The third kappa shape index (κ3) is 6.78. The maximum atomic E-state index is 13.8. The predicted molar refractivity (Wildman–Crippen MR) is 97.0 cm³/mol. The number of amides is 1. The molecule has 0 radical (unpaired) electrons. The van der Waals surface area contributed by atoms with Crippen molar-refractivity contribution in [2.75, 3.05) is 50.2 Å². The third-order valence-corrected chi connectivity index (χ3v) is 3.55. The Kier molecular flexibility index (Phi) is 10.9. The topological polar surface area (TPSA) is 76.8 Å². The molecule has 1 fully saturated rings. The summed E-state index contributed by atoms with van der Waals surface area (Å²) in [4.78, 5) is 14.0. The van der Waals surface area contributed by atoms with E-state index >= 15 is 0 Å². The highest BCUT2D eigenvalue weighted by atomic mass is 35.5. The second kappa shape index (κ2) is 11.4. The lowest BCUT2D eigenvalue weighted by Crippen LogP contribution is -2.36. The first-order valence-electron chi connectivity index (χ1n) is 7.28. The fraction of sp³-hybridized carbons (Fsp3) is 0.533. The van der Waals surface area contributed by atoms with Crippen molar-refractivity contribution in [2.24, 2.45) is 5.73 Å². The number of nitrogens with one attached hydrogen (secondary N) is 1. The van der Waals surface area contributed by atoms with Crippen LogP contribution in [0, 0.1) is 5.82 Å². The highest BCUT2D eigenvalue weighted by Gasteiger charge is 2.15. The Morgan fingerprint density at radius 1 is 1.38 bits per heavy atom. The van der Waals surface area contributed by atoms with Gasteiger partial charge >= 0.3 is 0 Å². The van der Waals surface area contributed by atoms with Gasteiger partial charge in [-0.25, -0.2) is 4.39 Å². The molecule has 1 unspecified atom stereocenters. The lowest BCUT2D eigenvalue weighted by Gasteiger charge is -2.29. The van der Waals surface area contributed by atoms with Crippen LogP contribution in [0.4, 0.5) is 15.8 Å². The van der Waals surface area contributed by atoms with Crippen LogP contribution in [0.2, 0.25) is 0 Å². The number of nitrogens with zero attached hydrogens (tertiary/aromatic N) is 1. The van der Waals surface area contributed by atoms with Gasteiger partial charge in [0.2, 0.25) is 5.91 Å². The number of halogens is 3. The molecule has 0 aromatic heterocycles. The minimum atomic E-state index is -0.388. The second-order valence-electron chi connectivity index (χ2n) is 5.14. The lowest BCUT2D eigenvalue weighted by molar-refractivity contribution is -0.118. The SMILES string of the molecule is COC(CN)CC(=O)Nc1cc(F)cc(N2CCOCC2)c1.Cl.Cl. The van der Waals surface area contributed by atoms with E-state index in [0.29, 0.717) is 32.0 Å². The summed E-state index contributed by atoms with van der Waals surface area (Å²) >= 11 is 0. The molecule has 1 atom stereocenters. The van der Waals surface area contributed by atoms with Crippen molar-refractivity contribution in [3.05, 3.63) is 24.0 Å². The van der Waals surface area contributed by atoms with Crippen molar-refractivity contribution in [1.82, 2.24) is 0 Å². The van der Waals surface area contributed by atoms with E-state index in [2.05, 4.69) is 5.32 Å². The van der Waals surface area contributed by atoms with Crippen LogP contribution in [0.25, 0.3) is 0 Å². The standard InChI is InChI=1S/C15H22FN3O3.2ClH/c1-21-14(10-17)9-15(20)18-12-6-11(16)7-13(8-12)19-2-4-22-5-3-19;;/h6-8,14H,2-5,9-10,17H2,1H3,(H,18,20);2*1H. The number of carbonyl (C=O) groups is 1. The number of morpholine rings is 1. The number of carbonyl (C=O) groups excluding carboxylic acids is 1. The summed E-state index contributed by atoms with van der Waals surface area (Å²) in [7, 11) is 1.50. The van der Waals surface area contributed by atoms with Gasteiger partial charge < -0.3 is 25.4 Å². The van der Waals surface area contributed by atoms with Gasteiger partial charge in [0.1, 0.15) is 5.82 Å². The van der Waals surface area contributed by atoms with Gasteiger partial charge in [-0.05, 0) is 18.2 Å². The number of methoxy groups -OCH3 is 1. The molecule has 1 aromatic rings. The molecular weight excluding hydrogens is 360 g/mol. The smallest absolute Gasteiger partial charge is 0.227 e. The molecule has 9 heteroatoms. The van der Waals surface area contributed by atoms with E-state index in [1.54, 1.807) is 6.07 Å². The van der Waals surface area contributed by atoms with Crippen molar-refractivity contribution in [1.29, 1.82) is 0 Å². The minimum Gasteiger partial charge on any atom is -0.380 e. The van der Waals surface area contributed by atoms with Gasteiger partial charge in [-0.15, -0.1) is 24.8 Å². The monoisotopic (exact) mass is 383 g/mol. The number of anilines is 2. The Labute approximate surface area is 153 Å². The molecule has 24 heavy (non-hydrogen) atoms. The Balaban J connectivity index is 0.00000264. The van der Waals surface area contributed by atoms with Gasteiger partial charge in [-0.1, -0.05) is 0 Å². The third-order valence-electron chi connectivity index (χ3n) is 3.55. The molecular formula is C15H24Cl2FN3O3. The first-order valence-corrected chi connectivity index (χ1v) is 7.28. The Hall–Kier alpha value is -1.12. The van der Waals surface area contributed by atoms with E-state index in [9.17, 15) is 9.18 Å². The van der Waals surface area contributed by atoms with Crippen molar-refractivity contribution in [3.8, 4) is 0 Å². The fourth-order valence-corrected chi connectivity index (χ4v) is 2.33. The molecule has 0 aliphatic carbocycles. The van der Waals surface area contributed by atoms with E-state index in [1.807, 2.05) is 4.90 Å². The van der Waals surface area contributed by atoms with Gasteiger partial charge in [0, 0.05) is 38.1 Å². The van der Waals surface area contributed by atoms with Crippen LogP contribution in [0.15, 0.2) is 18.2 Å². The number of ether oxygens (including phenoxy) is 2. The van der Waals surface area contributed by atoms with Crippen LogP contribution in [0.5, 0.6) is 0 Å². The van der Waals surface area contributed by atoms with Crippen LogP contribution < -0.4 is 16.0 Å². The molecule has 0 bridgehead atoms. The molecule has 6 nitrogen and oxygen atoms in total. The van der Waals surface area contributed by atoms with Gasteiger partial charge in [0.15, 0.2) is 0 Å². The van der Waals surface area contributed by atoms with Crippen LogP contribution in [-0.2, 0) is 14.3 Å². The quantitative estimate of drug-likeness (QED) is 0.783. The average Bonchev–Trinajstić information content (AvgIpc) is 2.53. The van der Waals surface area contributed by atoms with E-state index in [0.717, 1.165) is 5.69 Å². The van der Waals surface area contributed by atoms with E-state index < -0.39 is 0 Å². The first kappa shape index (κ1) is 22.9. The summed E-state index contributed by atoms with van der Waals surface area (Å²) in [6.45, 7) is 2.89. The summed E-state index contributed by atoms with van der Waals surface area (Å²) in [6, 6.07) is 4.52. The molecule has 0 spiro atoms. The summed E-state index contributed by atoms with van der Waals surface area (Å²) in [5.41, 5.74) is 6.65. The maximum Gasteiger partial charge on any atom is 0.227 e.